The zero-order chi connectivity index (χ0) is 27.2. The van der Waals surface area contributed by atoms with Gasteiger partial charge >= 0.3 is 26.2 Å². The van der Waals surface area contributed by atoms with Crippen LogP contribution in [0.5, 0.6) is 0 Å². The third kappa shape index (κ3) is 4.66. The number of hydrogen-bond acceptors (Lipinski definition) is 2. The van der Waals surface area contributed by atoms with Crippen molar-refractivity contribution in [2.24, 2.45) is 0 Å². The lowest BCUT2D eigenvalue weighted by Crippen LogP contribution is -2.47. The maximum atomic E-state index is 13.1. The molecule has 0 aliphatic heterocycles. The molecular weight excluding hydrogens is 504 g/mol. The topological polar surface area (TPSA) is 40.5 Å². The van der Waals surface area contributed by atoms with Crippen LogP contribution in [0, 0.1) is 0 Å². The van der Waals surface area contributed by atoms with Gasteiger partial charge in [0.1, 0.15) is 0 Å². The van der Waals surface area contributed by atoms with E-state index in [-0.39, 0.29) is 10.9 Å². The SMILES string of the molecule is OB(c1ccc(C(F)(F)F)cc1)c1c2ccccc2c(B(O)c2ccc(C(F)(F)F)cc2)c2ccccc12. The second kappa shape index (κ2) is 9.53. The summed E-state index contributed by atoms with van der Waals surface area (Å²) in [4.78, 5) is 0. The van der Waals surface area contributed by atoms with Crippen LogP contribution in [-0.2, 0) is 12.4 Å². The molecule has 0 fully saturated rings. The van der Waals surface area contributed by atoms with Gasteiger partial charge in [0.2, 0.25) is 0 Å². The molecule has 5 aromatic carbocycles. The third-order valence-electron chi connectivity index (χ3n) is 6.67. The zero-order valence-electron chi connectivity index (χ0n) is 19.6. The molecule has 38 heavy (non-hydrogen) atoms. The second-order valence-corrected chi connectivity index (χ2v) is 8.96. The summed E-state index contributed by atoms with van der Waals surface area (Å²) < 4.78 is 78.4. The molecule has 5 aromatic rings. The van der Waals surface area contributed by atoms with Crippen molar-refractivity contribution < 1.29 is 36.4 Å². The van der Waals surface area contributed by atoms with Gasteiger partial charge in [-0.15, -0.1) is 0 Å². The predicted molar refractivity (Wildman–Crippen MR) is 139 cm³/mol. The highest BCUT2D eigenvalue weighted by Crippen LogP contribution is 2.29. The van der Waals surface area contributed by atoms with Gasteiger partial charge in [-0.3, -0.25) is 0 Å². The molecule has 0 amide bonds. The molecule has 190 valence electrons. The van der Waals surface area contributed by atoms with Gasteiger partial charge in [-0.05, 0) is 43.4 Å². The molecule has 0 aromatic heterocycles. The van der Waals surface area contributed by atoms with Crippen LogP contribution in [0.1, 0.15) is 11.1 Å². The van der Waals surface area contributed by atoms with E-state index in [0.717, 1.165) is 24.3 Å². The Morgan fingerprint density at radius 1 is 0.421 bits per heavy atom. The van der Waals surface area contributed by atoms with E-state index in [4.69, 9.17) is 0 Å². The standard InChI is InChI=1S/C28H18B2F6O2/c31-27(32,33)17-9-13-19(14-10-17)29(37)25-21-5-1-2-6-22(21)26(24-8-4-3-7-23(24)25)30(38)20-15-11-18(12-16-20)28(34,35)36/h1-16,37-38H. The van der Waals surface area contributed by atoms with Crippen LogP contribution in [0.25, 0.3) is 21.5 Å². The molecule has 0 saturated heterocycles. The summed E-state index contributed by atoms with van der Waals surface area (Å²) in [6.45, 7) is -2.58. The Hall–Kier alpha value is -3.75. The minimum atomic E-state index is -4.51. The Morgan fingerprint density at radius 2 is 0.684 bits per heavy atom. The van der Waals surface area contributed by atoms with E-state index < -0.39 is 37.3 Å². The number of benzene rings is 5. The molecule has 2 nitrogen and oxygen atoms in total. The lowest BCUT2D eigenvalue weighted by Gasteiger charge is -2.21. The molecule has 0 unspecified atom stereocenters. The molecule has 0 heterocycles. The molecule has 0 aliphatic carbocycles. The van der Waals surface area contributed by atoms with Gasteiger partial charge in [0, 0.05) is 0 Å². The average molecular weight is 522 g/mol. The summed E-state index contributed by atoms with van der Waals surface area (Å²) in [5, 5.41) is 25.0. The van der Waals surface area contributed by atoms with Crippen molar-refractivity contribution in [1.29, 1.82) is 0 Å². The summed E-state index contributed by atoms with van der Waals surface area (Å²) in [6.07, 6.45) is -9.03. The van der Waals surface area contributed by atoms with Crippen molar-refractivity contribution in [3.8, 4) is 0 Å². The normalized spacial score (nSPS) is 12.2. The average Bonchev–Trinajstić information content (AvgIpc) is 2.90. The van der Waals surface area contributed by atoms with Crippen molar-refractivity contribution in [1.82, 2.24) is 0 Å². The lowest BCUT2D eigenvalue weighted by molar-refractivity contribution is -0.138. The molecule has 0 bridgehead atoms. The Balaban J connectivity index is 1.70. The van der Waals surface area contributed by atoms with Crippen molar-refractivity contribution in [3.05, 3.63) is 108 Å². The summed E-state index contributed by atoms with van der Waals surface area (Å²) >= 11 is 0. The highest BCUT2D eigenvalue weighted by Gasteiger charge is 2.33. The minimum absolute atomic E-state index is 0.254. The van der Waals surface area contributed by atoms with E-state index in [9.17, 15) is 36.4 Å². The first-order chi connectivity index (χ1) is 18.0. The number of rotatable bonds is 4. The third-order valence-corrected chi connectivity index (χ3v) is 6.67. The molecule has 0 spiro atoms. The Kier molecular flexibility index (Phi) is 6.49. The molecule has 0 radical (unpaired) electrons. The van der Waals surface area contributed by atoms with E-state index in [1.165, 1.54) is 24.3 Å². The van der Waals surface area contributed by atoms with Gasteiger partial charge in [0.05, 0.1) is 11.1 Å². The van der Waals surface area contributed by atoms with Crippen LogP contribution < -0.4 is 21.9 Å². The van der Waals surface area contributed by atoms with Crippen LogP contribution in [0.3, 0.4) is 0 Å². The number of halogens is 6. The maximum absolute atomic E-state index is 13.1. The van der Waals surface area contributed by atoms with E-state index in [0.29, 0.717) is 32.5 Å². The van der Waals surface area contributed by atoms with Crippen LogP contribution in [-0.4, -0.2) is 23.9 Å². The lowest BCUT2D eigenvalue weighted by atomic mass is 9.49. The zero-order valence-corrected chi connectivity index (χ0v) is 19.6. The fourth-order valence-electron chi connectivity index (χ4n) is 4.83. The van der Waals surface area contributed by atoms with Crippen LogP contribution in [0.4, 0.5) is 26.3 Å². The van der Waals surface area contributed by atoms with E-state index in [1.54, 1.807) is 48.5 Å². The van der Waals surface area contributed by atoms with Gasteiger partial charge in [-0.1, -0.05) is 97.1 Å². The molecule has 5 rings (SSSR count). The fourth-order valence-corrected chi connectivity index (χ4v) is 4.83. The molecular formula is C28H18B2F6O2. The minimum Gasteiger partial charge on any atom is -0.443 e. The summed E-state index contributed by atoms with van der Waals surface area (Å²) in [6, 6.07) is 22.4. The Bertz CT molecular complexity index is 1440. The molecule has 0 saturated carbocycles. The highest BCUT2D eigenvalue weighted by atomic mass is 19.4. The molecule has 0 aliphatic rings. The summed E-state index contributed by atoms with van der Waals surface area (Å²) in [7, 11) is 0. The fraction of sp³-hybridized carbons (Fsp3) is 0.0714. The van der Waals surface area contributed by atoms with Crippen LogP contribution >= 0.6 is 0 Å². The van der Waals surface area contributed by atoms with Crippen molar-refractivity contribution >= 4 is 57.2 Å². The van der Waals surface area contributed by atoms with Crippen molar-refractivity contribution in [2.75, 3.05) is 0 Å². The molecule has 10 heteroatoms. The predicted octanol–water partition coefficient (Wildman–Crippen LogP) is 4.23. The smallest absolute Gasteiger partial charge is 0.416 e. The van der Waals surface area contributed by atoms with Gasteiger partial charge in [0.15, 0.2) is 0 Å². The first-order valence-electron chi connectivity index (χ1n) is 11.6. The van der Waals surface area contributed by atoms with Gasteiger partial charge < -0.3 is 10.0 Å². The van der Waals surface area contributed by atoms with Crippen molar-refractivity contribution in [2.45, 2.75) is 12.4 Å². The van der Waals surface area contributed by atoms with Gasteiger partial charge in [-0.25, -0.2) is 0 Å². The number of fused-ring (bicyclic) bond motifs is 2. The largest absolute Gasteiger partial charge is 0.443 e. The maximum Gasteiger partial charge on any atom is 0.416 e. The number of hydrogen-bond donors (Lipinski definition) is 2. The Morgan fingerprint density at radius 3 is 0.921 bits per heavy atom. The van der Waals surface area contributed by atoms with E-state index in [2.05, 4.69) is 0 Å². The monoisotopic (exact) mass is 522 g/mol. The quantitative estimate of drug-likeness (QED) is 0.211. The molecule has 0 atom stereocenters. The van der Waals surface area contributed by atoms with Crippen molar-refractivity contribution in [3.63, 3.8) is 0 Å². The van der Waals surface area contributed by atoms with E-state index in [1.807, 2.05) is 0 Å². The highest BCUT2D eigenvalue weighted by molar-refractivity contribution is 6.86. The summed E-state index contributed by atoms with van der Waals surface area (Å²) in [5.41, 5.74) is -0.274. The van der Waals surface area contributed by atoms with E-state index >= 15 is 0 Å². The first-order valence-corrected chi connectivity index (χ1v) is 11.6. The van der Waals surface area contributed by atoms with Crippen LogP contribution in [0.2, 0.25) is 0 Å². The van der Waals surface area contributed by atoms with Gasteiger partial charge in [0.25, 0.3) is 0 Å². The Labute approximate surface area is 214 Å². The molecule has 2 N–H and O–H groups in total. The second-order valence-electron chi connectivity index (χ2n) is 8.96. The van der Waals surface area contributed by atoms with Crippen LogP contribution in [0.15, 0.2) is 97.1 Å². The number of alkyl halides is 6. The first kappa shape index (κ1) is 25.9. The van der Waals surface area contributed by atoms with Gasteiger partial charge in [-0.2, -0.15) is 26.3 Å². The summed E-state index contributed by atoms with van der Waals surface area (Å²) in [5.74, 6) is 0.